The van der Waals surface area contributed by atoms with Crippen LogP contribution in [0.25, 0.3) is 10.4 Å². The Morgan fingerprint density at radius 1 is 1.19 bits per heavy atom. The highest BCUT2D eigenvalue weighted by atomic mass is 35.5. The summed E-state index contributed by atoms with van der Waals surface area (Å²) in [5.74, 6) is -2.72. The number of aromatic nitrogens is 2. The normalized spacial score (nSPS) is 20.6. The highest BCUT2D eigenvalue weighted by Gasteiger charge is 2.60. The lowest BCUT2D eigenvalue weighted by Crippen LogP contribution is -2.47. The van der Waals surface area contributed by atoms with Crippen LogP contribution >= 0.6 is 11.6 Å². The molecule has 47 heavy (non-hydrogen) atoms. The number of carbonyl (C=O) groups excluding carboxylic acids is 4. The molecule has 0 amide bonds. The molecule has 1 N–H and O–H groups in total. The van der Waals surface area contributed by atoms with Crippen LogP contribution in [0.1, 0.15) is 33.4 Å². The Bertz CT molecular complexity index is 1720. The summed E-state index contributed by atoms with van der Waals surface area (Å²) in [5.41, 5.74) is 5.88. The average molecular weight is 673 g/mol. The van der Waals surface area contributed by atoms with Crippen molar-refractivity contribution in [2.75, 3.05) is 25.6 Å². The Labute approximate surface area is 269 Å². The van der Waals surface area contributed by atoms with Crippen LogP contribution in [-0.2, 0) is 33.3 Å². The van der Waals surface area contributed by atoms with Crippen molar-refractivity contribution in [3.05, 3.63) is 104 Å². The van der Waals surface area contributed by atoms with E-state index in [1.165, 1.54) is 54.6 Å². The van der Waals surface area contributed by atoms with Gasteiger partial charge in [0.1, 0.15) is 19.0 Å². The molecular formula is C29H26ClFN6O10. The van der Waals surface area contributed by atoms with Crippen molar-refractivity contribution in [2.24, 2.45) is 5.11 Å². The molecule has 0 bridgehead atoms. The third-order valence-electron chi connectivity index (χ3n) is 6.72. The summed E-state index contributed by atoms with van der Waals surface area (Å²) in [6.07, 6.45) is -5.49. The quantitative estimate of drug-likeness (QED) is 0.0652. The number of ether oxygens (including phenoxy) is 5. The van der Waals surface area contributed by atoms with Gasteiger partial charge in [-0.15, -0.1) is 0 Å². The van der Waals surface area contributed by atoms with E-state index in [2.05, 4.69) is 25.1 Å². The minimum Gasteiger partial charge on any atom is -0.469 e. The van der Waals surface area contributed by atoms with Crippen LogP contribution in [0, 0.1) is 0 Å². The van der Waals surface area contributed by atoms with Gasteiger partial charge < -0.3 is 29.0 Å². The Balaban J connectivity index is 1.65. The highest BCUT2D eigenvalue weighted by Crippen LogP contribution is 2.42. The van der Waals surface area contributed by atoms with Gasteiger partial charge in [0.15, 0.2) is 18.5 Å². The van der Waals surface area contributed by atoms with E-state index in [4.69, 9.17) is 30.5 Å². The van der Waals surface area contributed by atoms with Gasteiger partial charge in [-0.2, -0.15) is 4.98 Å². The number of nitrogens with zero attached hydrogens (tertiary/aromatic N) is 5. The van der Waals surface area contributed by atoms with Gasteiger partial charge in [-0.3, -0.25) is 14.2 Å². The third kappa shape index (κ3) is 8.40. The number of anilines is 1. The number of methoxy groups -OCH3 is 1. The zero-order valence-electron chi connectivity index (χ0n) is 24.4. The summed E-state index contributed by atoms with van der Waals surface area (Å²) < 4.78 is 42.8. The lowest BCUT2D eigenvalue weighted by atomic mass is 10.1. The number of benzene rings is 2. The smallest absolute Gasteiger partial charge is 0.351 e. The summed E-state index contributed by atoms with van der Waals surface area (Å²) in [5, 5.41) is 6.51. The van der Waals surface area contributed by atoms with E-state index in [0.717, 1.165) is 13.3 Å². The van der Waals surface area contributed by atoms with Gasteiger partial charge in [-0.25, -0.2) is 18.8 Å². The van der Waals surface area contributed by atoms with Crippen LogP contribution in [0.4, 0.5) is 10.2 Å². The molecule has 1 aliphatic heterocycles. The Kier molecular flexibility index (Phi) is 11.5. The molecule has 3 aromatic rings. The van der Waals surface area contributed by atoms with Gasteiger partial charge >= 0.3 is 23.6 Å². The fraction of sp³-hybridized carbons (Fsp3) is 0.310. The molecule has 0 aliphatic carbocycles. The number of hydrogen-bond acceptors (Lipinski definition) is 13. The number of azide groups is 1. The predicted molar refractivity (Wildman–Crippen MR) is 159 cm³/mol. The first-order valence-corrected chi connectivity index (χ1v) is 14.0. The van der Waals surface area contributed by atoms with Crippen LogP contribution in [0.3, 0.4) is 0 Å². The molecule has 1 aliphatic rings. The Morgan fingerprint density at radius 3 is 2.60 bits per heavy atom. The molecule has 18 heteroatoms. The number of esters is 3. The van der Waals surface area contributed by atoms with Gasteiger partial charge in [-0.1, -0.05) is 41.0 Å². The maximum atomic E-state index is 16.3. The molecule has 1 fully saturated rings. The first-order chi connectivity index (χ1) is 22.6. The molecule has 5 atom stereocenters. The fourth-order valence-electron chi connectivity index (χ4n) is 4.52. The number of carbonyl (C=O) groups is 4. The number of nitrogens with one attached hydrogen (secondary N) is 1. The van der Waals surface area contributed by atoms with E-state index in [9.17, 15) is 29.5 Å². The van der Waals surface area contributed by atoms with Crippen LogP contribution in [0.15, 0.2) is 76.8 Å². The molecule has 2 unspecified atom stereocenters. The minimum atomic E-state index is -2.49. The van der Waals surface area contributed by atoms with Gasteiger partial charge in [-0.05, 0) is 41.9 Å². The first kappa shape index (κ1) is 34.4. The largest absolute Gasteiger partial charge is 0.469 e. The molecule has 4 rings (SSSR count). The first-order valence-electron chi connectivity index (χ1n) is 13.7. The topological polar surface area (TPSA) is 210 Å². The third-order valence-corrected chi connectivity index (χ3v) is 6.96. The molecule has 0 spiro atoms. The van der Waals surface area contributed by atoms with Gasteiger partial charge in [0.05, 0.1) is 30.7 Å². The van der Waals surface area contributed by atoms with E-state index in [1.807, 2.05) is 0 Å². The van der Waals surface area contributed by atoms with E-state index in [-0.39, 0.29) is 41.5 Å². The summed E-state index contributed by atoms with van der Waals surface area (Å²) in [7, 11) is 1.16. The van der Waals surface area contributed by atoms with Crippen molar-refractivity contribution in [2.45, 2.75) is 36.7 Å². The van der Waals surface area contributed by atoms with Crippen LogP contribution in [-0.4, -0.2) is 78.3 Å². The van der Waals surface area contributed by atoms with Crippen LogP contribution < -0.4 is 11.0 Å². The monoisotopic (exact) mass is 672 g/mol. The van der Waals surface area contributed by atoms with E-state index in [1.54, 1.807) is 6.07 Å². The molecule has 0 radical (unpaired) electrons. The van der Waals surface area contributed by atoms with Crippen molar-refractivity contribution in [3.63, 3.8) is 0 Å². The summed E-state index contributed by atoms with van der Waals surface area (Å²) >= 11 is 5.95. The van der Waals surface area contributed by atoms with Crippen molar-refractivity contribution < 1.29 is 47.3 Å². The maximum Gasteiger partial charge on any atom is 0.351 e. The standard InChI is InChI=1S/C29H26ClFN6O10/c1-43-22(39)13-20(14-44-16-38)33-21-10-11-37(28(42)34-21)25-23(31)24(46-27(41)17-6-3-2-4-7-17)29(47-25,35-36-32)15-45-26(40)18-8-5-9-19(30)12-18/h2-12,16,20,23-25H,13-15H2,1H3,(H,33,34,42)/t20-,23-,24?,25?,29+/m0/s1. The molecule has 2 heterocycles. The second-order valence-corrected chi connectivity index (χ2v) is 10.3. The SMILES string of the molecule is COC(=O)C[C@@H](COC=O)Nc1ccn(C2O[C@@](COC(=O)c3cccc(Cl)c3)(N=[N+]=[N-])C(OC(=O)c3ccccc3)[C@@H]2F)c(=O)n1. The van der Waals surface area contributed by atoms with Gasteiger partial charge in [0.25, 0.3) is 6.47 Å². The van der Waals surface area contributed by atoms with E-state index < -0.39 is 60.5 Å². The van der Waals surface area contributed by atoms with Crippen molar-refractivity contribution in [1.29, 1.82) is 0 Å². The molecule has 1 saturated heterocycles. The minimum absolute atomic E-state index is 0.00492. The zero-order valence-corrected chi connectivity index (χ0v) is 25.2. The second-order valence-electron chi connectivity index (χ2n) is 9.82. The maximum absolute atomic E-state index is 16.3. The molecular weight excluding hydrogens is 647 g/mol. The van der Waals surface area contributed by atoms with Gasteiger partial charge in [0, 0.05) is 16.1 Å². The summed E-state index contributed by atoms with van der Waals surface area (Å²) in [6.45, 7) is -1.06. The Hall–Kier alpha value is -5.51. The highest BCUT2D eigenvalue weighted by molar-refractivity contribution is 6.30. The second kappa shape index (κ2) is 15.7. The predicted octanol–water partition coefficient (Wildman–Crippen LogP) is 3.37. The number of alkyl halides is 1. The molecule has 1 aromatic heterocycles. The average Bonchev–Trinajstić information content (AvgIpc) is 3.33. The van der Waals surface area contributed by atoms with Crippen molar-refractivity contribution >= 4 is 41.8 Å². The molecule has 246 valence electrons. The molecule has 2 aromatic carbocycles. The lowest BCUT2D eigenvalue weighted by Gasteiger charge is -2.28. The zero-order chi connectivity index (χ0) is 34.0. The van der Waals surface area contributed by atoms with Gasteiger partial charge in [0.2, 0.25) is 5.72 Å². The Morgan fingerprint density at radius 2 is 1.94 bits per heavy atom. The fourth-order valence-corrected chi connectivity index (χ4v) is 4.71. The number of hydrogen-bond donors (Lipinski definition) is 1. The van der Waals surface area contributed by atoms with Crippen LogP contribution in [0.2, 0.25) is 5.02 Å². The summed E-state index contributed by atoms with van der Waals surface area (Å²) in [4.78, 5) is 67.9. The number of halogens is 2. The molecule has 16 nitrogen and oxygen atoms in total. The molecule has 0 saturated carbocycles. The van der Waals surface area contributed by atoms with Crippen molar-refractivity contribution in [3.8, 4) is 0 Å². The van der Waals surface area contributed by atoms with Crippen LogP contribution in [0.5, 0.6) is 0 Å². The number of rotatable bonds is 14. The van der Waals surface area contributed by atoms with E-state index >= 15 is 4.39 Å². The van der Waals surface area contributed by atoms with Crippen molar-refractivity contribution in [1.82, 2.24) is 9.55 Å². The van der Waals surface area contributed by atoms with E-state index in [0.29, 0.717) is 4.57 Å². The lowest BCUT2D eigenvalue weighted by molar-refractivity contribution is -0.142. The summed E-state index contributed by atoms with van der Waals surface area (Å²) in [6, 6.07) is 13.6.